The van der Waals surface area contributed by atoms with Crippen molar-refractivity contribution in [1.29, 1.82) is 0 Å². The van der Waals surface area contributed by atoms with Crippen molar-refractivity contribution in [3.05, 3.63) is 41.5 Å². The van der Waals surface area contributed by atoms with E-state index in [4.69, 9.17) is 0 Å². The van der Waals surface area contributed by atoms with Crippen LogP contribution in [0.3, 0.4) is 0 Å². The average molecular weight is 378 g/mol. The van der Waals surface area contributed by atoms with Gasteiger partial charge in [-0.3, -0.25) is 19.3 Å². The molecule has 4 atom stereocenters. The molecule has 5 rings (SSSR count). The number of anilines is 1. The molecule has 1 saturated heterocycles. The molecule has 1 aromatic carbocycles. The molecule has 2 aliphatic carbocycles. The first-order valence-electron chi connectivity index (χ1n) is 10.4. The lowest BCUT2D eigenvalue weighted by atomic mass is 9.85. The van der Waals surface area contributed by atoms with Gasteiger partial charge in [0.25, 0.3) is 0 Å². The molecule has 146 valence electrons. The molecule has 0 unspecified atom stereocenters. The second-order valence-corrected chi connectivity index (χ2v) is 8.95. The zero-order chi connectivity index (χ0) is 19.6. The summed E-state index contributed by atoms with van der Waals surface area (Å²) in [6, 6.07) is 6.29. The van der Waals surface area contributed by atoms with Crippen LogP contribution in [0.2, 0.25) is 0 Å². The summed E-state index contributed by atoms with van der Waals surface area (Å²) < 4.78 is 0. The number of aryl methyl sites for hydroxylation is 1. The van der Waals surface area contributed by atoms with Gasteiger partial charge in [-0.2, -0.15) is 0 Å². The Balaban J connectivity index is 1.36. The standard InChI is InChI=1S/C23H26N2O3/c1-13(2)14-7-8-18-15(10-14)4-3-9-24(18)19(26)12-25-22(27)20-16-5-6-17(11-16)21(20)23(25)28/h5-8,10,13,16-17,20-21H,3-4,9,11-12H2,1-2H3/t16-,17-,20-,21+/m0/s1. The van der Waals surface area contributed by atoms with Gasteiger partial charge in [0.15, 0.2) is 0 Å². The minimum absolute atomic E-state index is 0.129. The minimum Gasteiger partial charge on any atom is -0.311 e. The third kappa shape index (κ3) is 2.48. The Labute approximate surface area is 165 Å². The normalized spacial score (nSPS) is 30.4. The zero-order valence-electron chi connectivity index (χ0n) is 16.4. The first-order valence-corrected chi connectivity index (χ1v) is 10.4. The summed E-state index contributed by atoms with van der Waals surface area (Å²) >= 11 is 0. The molecule has 1 saturated carbocycles. The van der Waals surface area contributed by atoms with Gasteiger partial charge in [-0.1, -0.05) is 38.1 Å². The summed E-state index contributed by atoms with van der Waals surface area (Å²) in [6.07, 6.45) is 6.93. The van der Waals surface area contributed by atoms with Gasteiger partial charge in [0.05, 0.1) is 11.8 Å². The van der Waals surface area contributed by atoms with Crippen LogP contribution < -0.4 is 4.90 Å². The van der Waals surface area contributed by atoms with Gasteiger partial charge in [-0.15, -0.1) is 0 Å². The maximum Gasteiger partial charge on any atom is 0.247 e. The fraction of sp³-hybridized carbons (Fsp3) is 0.522. The molecule has 4 aliphatic rings. The molecule has 2 fully saturated rings. The van der Waals surface area contributed by atoms with Gasteiger partial charge >= 0.3 is 0 Å². The summed E-state index contributed by atoms with van der Waals surface area (Å²) in [6.45, 7) is 4.84. The van der Waals surface area contributed by atoms with Crippen molar-refractivity contribution in [2.24, 2.45) is 23.7 Å². The summed E-state index contributed by atoms with van der Waals surface area (Å²) in [4.78, 5) is 41.8. The fourth-order valence-corrected chi connectivity index (χ4v) is 5.58. The monoisotopic (exact) mass is 378 g/mol. The second kappa shape index (κ2) is 6.29. The molecule has 0 radical (unpaired) electrons. The number of carbonyl (C=O) groups excluding carboxylic acids is 3. The van der Waals surface area contributed by atoms with E-state index in [1.54, 1.807) is 4.90 Å². The average Bonchev–Trinajstić information content (AvgIpc) is 3.37. The van der Waals surface area contributed by atoms with E-state index in [0.29, 0.717) is 12.5 Å². The first kappa shape index (κ1) is 17.7. The Morgan fingerprint density at radius 2 is 1.79 bits per heavy atom. The van der Waals surface area contributed by atoms with Gasteiger partial charge in [0.2, 0.25) is 17.7 Å². The molecular formula is C23H26N2O3. The fourth-order valence-electron chi connectivity index (χ4n) is 5.58. The highest BCUT2D eigenvalue weighted by atomic mass is 16.2. The molecule has 0 spiro atoms. The van der Waals surface area contributed by atoms with Gasteiger partial charge in [0.1, 0.15) is 6.54 Å². The van der Waals surface area contributed by atoms with E-state index in [-0.39, 0.29) is 47.9 Å². The highest BCUT2D eigenvalue weighted by Gasteiger charge is 2.59. The highest BCUT2D eigenvalue weighted by Crippen LogP contribution is 2.52. The first-order chi connectivity index (χ1) is 13.5. The molecule has 2 heterocycles. The number of benzene rings is 1. The van der Waals surface area contributed by atoms with Crippen molar-refractivity contribution in [2.75, 3.05) is 18.0 Å². The van der Waals surface area contributed by atoms with Crippen LogP contribution in [0, 0.1) is 23.7 Å². The Bertz CT molecular complexity index is 873. The predicted octanol–water partition coefficient (Wildman–Crippen LogP) is 2.90. The smallest absolute Gasteiger partial charge is 0.247 e. The number of nitrogens with zero attached hydrogens (tertiary/aromatic N) is 2. The molecule has 2 aliphatic heterocycles. The van der Waals surface area contributed by atoms with E-state index in [2.05, 4.69) is 38.1 Å². The van der Waals surface area contributed by atoms with Gasteiger partial charge in [0, 0.05) is 12.2 Å². The molecule has 3 amide bonds. The lowest BCUT2D eigenvalue weighted by molar-refractivity contribution is -0.143. The SMILES string of the molecule is CC(C)c1ccc2c(c1)CCCN2C(=O)CN1C(=O)[C@@H]2[C@H](C1=O)[C@H]1C=C[C@H]2C1. The summed E-state index contributed by atoms with van der Waals surface area (Å²) in [5.74, 6) is -0.122. The maximum atomic E-state index is 13.1. The van der Waals surface area contributed by atoms with Crippen LogP contribution in [0.1, 0.15) is 43.7 Å². The number of hydrogen-bond donors (Lipinski definition) is 0. The van der Waals surface area contributed by atoms with Crippen LogP contribution >= 0.6 is 0 Å². The maximum absolute atomic E-state index is 13.1. The molecule has 2 bridgehead atoms. The minimum atomic E-state index is -0.238. The third-order valence-electron chi connectivity index (χ3n) is 7.04. The molecular weight excluding hydrogens is 352 g/mol. The van der Waals surface area contributed by atoms with Gasteiger partial charge in [-0.25, -0.2) is 0 Å². The second-order valence-electron chi connectivity index (χ2n) is 8.95. The number of allylic oxidation sites excluding steroid dienone is 2. The third-order valence-corrected chi connectivity index (χ3v) is 7.04. The number of likely N-dealkylation sites (tertiary alicyclic amines) is 1. The van der Waals surface area contributed by atoms with Crippen LogP contribution in [-0.2, 0) is 20.8 Å². The quantitative estimate of drug-likeness (QED) is 0.600. The number of fused-ring (bicyclic) bond motifs is 6. The Hall–Kier alpha value is -2.43. The Morgan fingerprint density at radius 1 is 1.11 bits per heavy atom. The number of hydrogen-bond acceptors (Lipinski definition) is 3. The van der Waals surface area contributed by atoms with Crippen molar-refractivity contribution in [3.63, 3.8) is 0 Å². The van der Waals surface area contributed by atoms with E-state index in [9.17, 15) is 14.4 Å². The van der Waals surface area contributed by atoms with E-state index < -0.39 is 0 Å². The summed E-state index contributed by atoms with van der Waals surface area (Å²) in [7, 11) is 0. The largest absolute Gasteiger partial charge is 0.311 e. The Morgan fingerprint density at radius 3 is 2.43 bits per heavy atom. The lowest BCUT2D eigenvalue weighted by Gasteiger charge is -2.31. The number of amides is 3. The van der Waals surface area contributed by atoms with Gasteiger partial charge < -0.3 is 4.90 Å². The van der Waals surface area contributed by atoms with E-state index >= 15 is 0 Å². The van der Waals surface area contributed by atoms with Crippen molar-refractivity contribution in [2.45, 2.75) is 39.0 Å². The molecule has 0 N–H and O–H groups in total. The van der Waals surface area contributed by atoms with Crippen LogP contribution in [0.4, 0.5) is 5.69 Å². The molecule has 5 nitrogen and oxygen atoms in total. The molecule has 5 heteroatoms. The van der Waals surface area contributed by atoms with Crippen LogP contribution in [0.25, 0.3) is 0 Å². The topological polar surface area (TPSA) is 57.7 Å². The number of imide groups is 1. The zero-order valence-corrected chi connectivity index (χ0v) is 16.4. The molecule has 1 aromatic rings. The van der Waals surface area contributed by atoms with Crippen LogP contribution in [-0.4, -0.2) is 35.7 Å². The van der Waals surface area contributed by atoms with Crippen molar-refractivity contribution < 1.29 is 14.4 Å². The number of carbonyl (C=O) groups is 3. The van der Waals surface area contributed by atoms with Gasteiger partial charge in [-0.05, 0) is 54.2 Å². The number of rotatable bonds is 3. The van der Waals surface area contributed by atoms with E-state index in [0.717, 1.165) is 24.9 Å². The predicted molar refractivity (Wildman–Crippen MR) is 106 cm³/mol. The van der Waals surface area contributed by atoms with Crippen molar-refractivity contribution in [1.82, 2.24) is 4.90 Å². The lowest BCUT2D eigenvalue weighted by Crippen LogP contribution is -2.45. The van der Waals surface area contributed by atoms with E-state index in [1.165, 1.54) is 16.0 Å². The highest BCUT2D eigenvalue weighted by molar-refractivity contribution is 6.10. The Kier molecular flexibility index (Phi) is 3.97. The molecule has 28 heavy (non-hydrogen) atoms. The van der Waals surface area contributed by atoms with Crippen LogP contribution in [0.15, 0.2) is 30.4 Å². The molecule has 0 aromatic heterocycles. The van der Waals surface area contributed by atoms with Crippen molar-refractivity contribution >= 4 is 23.4 Å². The summed E-state index contributed by atoms with van der Waals surface area (Å²) in [5, 5.41) is 0. The van der Waals surface area contributed by atoms with E-state index in [1.807, 2.05) is 6.07 Å². The van der Waals surface area contributed by atoms with Crippen LogP contribution in [0.5, 0.6) is 0 Å². The summed E-state index contributed by atoms with van der Waals surface area (Å²) in [5.41, 5.74) is 3.39. The van der Waals surface area contributed by atoms with Crippen molar-refractivity contribution in [3.8, 4) is 0 Å².